The average molecular weight is 489 g/mol. The Labute approximate surface area is 203 Å². The van der Waals surface area contributed by atoms with E-state index in [9.17, 15) is 13.2 Å². The fraction of sp³-hybridized carbons (Fsp3) is 0.200. The maximum Gasteiger partial charge on any atom is 0.260 e. The van der Waals surface area contributed by atoms with E-state index < -0.39 is 10.0 Å². The van der Waals surface area contributed by atoms with Crippen molar-refractivity contribution in [2.75, 3.05) is 13.1 Å². The van der Waals surface area contributed by atoms with Crippen LogP contribution in [0, 0.1) is 0 Å². The molecule has 10 heteroatoms. The van der Waals surface area contributed by atoms with Gasteiger partial charge in [0.05, 0.1) is 0 Å². The molecule has 4 heterocycles. The molecule has 0 bridgehead atoms. The van der Waals surface area contributed by atoms with Crippen molar-refractivity contribution in [1.82, 2.24) is 23.8 Å². The van der Waals surface area contributed by atoms with Crippen LogP contribution in [0.3, 0.4) is 0 Å². The lowest BCUT2D eigenvalue weighted by atomic mass is 10.0. The number of carbonyl (C=O) groups excluding carboxylic acids is 1. The van der Waals surface area contributed by atoms with E-state index in [1.807, 2.05) is 12.1 Å². The molecule has 0 atom stereocenters. The second-order valence-corrected chi connectivity index (χ2v) is 10.3. The molecule has 178 valence electrons. The molecule has 0 aliphatic carbocycles. The molecule has 0 radical (unpaired) electrons. The lowest BCUT2D eigenvalue weighted by Crippen LogP contribution is -2.42. The van der Waals surface area contributed by atoms with Crippen LogP contribution >= 0.6 is 0 Å². The van der Waals surface area contributed by atoms with Gasteiger partial charge in [0, 0.05) is 60.6 Å². The third-order valence-electron chi connectivity index (χ3n) is 6.10. The summed E-state index contributed by atoms with van der Waals surface area (Å²) in [5.74, 6) is 0.540. The van der Waals surface area contributed by atoms with Gasteiger partial charge in [-0.3, -0.25) is 9.36 Å². The summed E-state index contributed by atoms with van der Waals surface area (Å²) in [6, 6.07) is 13.9. The van der Waals surface area contributed by atoms with Gasteiger partial charge in [-0.2, -0.15) is 4.31 Å². The molecule has 3 aromatic heterocycles. The van der Waals surface area contributed by atoms with Crippen molar-refractivity contribution in [3.63, 3.8) is 0 Å². The maximum absolute atomic E-state index is 12.9. The number of rotatable bonds is 6. The molecule has 4 aromatic rings. The highest BCUT2D eigenvalue weighted by atomic mass is 32.2. The Morgan fingerprint density at radius 1 is 0.886 bits per heavy atom. The normalized spacial score (nSPS) is 15.2. The predicted molar refractivity (Wildman–Crippen MR) is 130 cm³/mol. The molecule has 1 aliphatic rings. The number of nitrogens with two attached hydrogens (primary N) is 1. The van der Waals surface area contributed by atoms with Gasteiger partial charge in [0.1, 0.15) is 12.1 Å². The summed E-state index contributed by atoms with van der Waals surface area (Å²) in [6.07, 6.45) is 9.46. The fourth-order valence-corrected chi connectivity index (χ4v) is 5.38. The van der Waals surface area contributed by atoms with E-state index in [0.29, 0.717) is 42.9 Å². The van der Waals surface area contributed by atoms with E-state index in [4.69, 9.17) is 5.73 Å². The zero-order valence-corrected chi connectivity index (χ0v) is 19.7. The van der Waals surface area contributed by atoms with Crippen LogP contribution in [0.15, 0.2) is 84.7 Å². The topological polar surface area (TPSA) is 124 Å². The number of pyridine rings is 2. The van der Waals surface area contributed by atoms with Gasteiger partial charge in [-0.15, -0.1) is 0 Å². The van der Waals surface area contributed by atoms with Crippen molar-refractivity contribution in [3.05, 3.63) is 90.8 Å². The molecule has 35 heavy (non-hydrogen) atoms. The van der Waals surface area contributed by atoms with E-state index in [-0.39, 0.29) is 16.9 Å². The van der Waals surface area contributed by atoms with E-state index in [0.717, 1.165) is 11.1 Å². The van der Waals surface area contributed by atoms with Gasteiger partial charge >= 0.3 is 0 Å². The SMILES string of the molecule is NC1CCN(S(=O)(=O)c2ccc(-c3ccc(C(=O)c4ccc(-n5ccnc5)nc4)cc3)cn2)CC1. The molecule has 2 N–H and O–H groups in total. The highest BCUT2D eigenvalue weighted by Gasteiger charge is 2.29. The van der Waals surface area contributed by atoms with Crippen LogP contribution in [0.4, 0.5) is 0 Å². The van der Waals surface area contributed by atoms with E-state index in [1.54, 1.807) is 59.8 Å². The molecular weight excluding hydrogens is 464 g/mol. The van der Waals surface area contributed by atoms with Crippen molar-refractivity contribution in [1.29, 1.82) is 0 Å². The van der Waals surface area contributed by atoms with Crippen LogP contribution in [-0.4, -0.2) is 57.2 Å². The number of aromatic nitrogens is 4. The van der Waals surface area contributed by atoms with Gasteiger partial charge in [-0.05, 0) is 42.7 Å². The van der Waals surface area contributed by atoms with Gasteiger partial charge in [0.25, 0.3) is 10.0 Å². The van der Waals surface area contributed by atoms with Crippen molar-refractivity contribution in [2.24, 2.45) is 5.73 Å². The number of hydrogen-bond acceptors (Lipinski definition) is 7. The van der Waals surface area contributed by atoms with E-state index >= 15 is 0 Å². The minimum Gasteiger partial charge on any atom is -0.328 e. The van der Waals surface area contributed by atoms with Crippen molar-refractivity contribution < 1.29 is 13.2 Å². The van der Waals surface area contributed by atoms with Crippen LogP contribution in [0.5, 0.6) is 0 Å². The van der Waals surface area contributed by atoms with Gasteiger partial charge < -0.3 is 5.73 Å². The van der Waals surface area contributed by atoms with Gasteiger partial charge in [0.2, 0.25) is 0 Å². The Balaban J connectivity index is 1.29. The Bertz CT molecular complexity index is 1410. The predicted octanol–water partition coefficient (Wildman–Crippen LogP) is 2.67. The molecule has 1 saturated heterocycles. The Hall–Kier alpha value is -3.73. The van der Waals surface area contributed by atoms with E-state index in [1.165, 1.54) is 16.6 Å². The molecule has 5 rings (SSSR count). The molecule has 9 nitrogen and oxygen atoms in total. The van der Waals surface area contributed by atoms with Crippen LogP contribution < -0.4 is 5.73 Å². The summed E-state index contributed by atoms with van der Waals surface area (Å²) in [4.78, 5) is 25.4. The van der Waals surface area contributed by atoms with Crippen molar-refractivity contribution >= 4 is 15.8 Å². The minimum atomic E-state index is -3.64. The molecule has 0 spiro atoms. The summed E-state index contributed by atoms with van der Waals surface area (Å²) >= 11 is 0. The number of imidazole rings is 1. The van der Waals surface area contributed by atoms with Gasteiger partial charge in [0.15, 0.2) is 10.8 Å². The third-order valence-corrected chi connectivity index (χ3v) is 7.91. The molecule has 0 saturated carbocycles. The third kappa shape index (κ3) is 4.76. The average Bonchev–Trinajstić information content (AvgIpc) is 3.44. The second kappa shape index (κ2) is 9.49. The monoisotopic (exact) mass is 488 g/mol. The number of ketones is 1. The van der Waals surface area contributed by atoms with E-state index in [2.05, 4.69) is 15.0 Å². The van der Waals surface area contributed by atoms with Crippen molar-refractivity contribution in [3.8, 4) is 16.9 Å². The number of hydrogen-bond donors (Lipinski definition) is 1. The molecule has 0 unspecified atom stereocenters. The molecule has 1 fully saturated rings. The summed E-state index contributed by atoms with van der Waals surface area (Å²) in [5, 5.41) is 0.0233. The first kappa shape index (κ1) is 23.0. The van der Waals surface area contributed by atoms with Crippen LogP contribution in [0.2, 0.25) is 0 Å². The quantitative estimate of drug-likeness (QED) is 0.414. The van der Waals surface area contributed by atoms with Crippen LogP contribution in [-0.2, 0) is 10.0 Å². The van der Waals surface area contributed by atoms with Gasteiger partial charge in [-0.1, -0.05) is 24.3 Å². The number of carbonyl (C=O) groups is 1. The van der Waals surface area contributed by atoms with Gasteiger partial charge in [-0.25, -0.2) is 23.4 Å². The zero-order valence-electron chi connectivity index (χ0n) is 18.9. The summed E-state index contributed by atoms with van der Waals surface area (Å²) in [7, 11) is -3.64. The zero-order chi connectivity index (χ0) is 24.4. The minimum absolute atomic E-state index is 0.0233. The number of benzene rings is 1. The van der Waals surface area contributed by atoms with Crippen LogP contribution in [0.1, 0.15) is 28.8 Å². The Morgan fingerprint density at radius 2 is 1.60 bits per heavy atom. The van der Waals surface area contributed by atoms with Crippen LogP contribution in [0.25, 0.3) is 16.9 Å². The first-order chi connectivity index (χ1) is 16.9. The molecule has 1 aliphatic heterocycles. The molecular formula is C25H24N6O3S. The Kier molecular flexibility index (Phi) is 6.25. The number of nitrogens with zero attached hydrogens (tertiary/aromatic N) is 5. The first-order valence-electron chi connectivity index (χ1n) is 11.2. The lowest BCUT2D eigenvalue weighted by Gasteiger charge is -2.28. The number of piperidine rings is 1. The fourth-order valence-electron chi connectivity index (χ4n) is 4.00. The first-order valence-corrected chi connectivity index (χ1v) is 12.7. The Morgan fingerprint density at radius 3 is 2.20 bits per heavy atom. The summed E-state index contributed by atoms with van der Waals surface area (Å²) in [5.41, 5.74) is 8.49. The highest BCUT2D eigenvalue weighted by molar-refractivity contribution is 7.89. The summed E-state index contributed by atoms with van der Waals surface area (Å²) < 4.78 is 28.9. The molecule has 0 amide bonds. The maximum atomic E-state index is 12.9. The lowest BCUT2D eigenvalue weighted by molar-refractivity contribution is 0.103. The number of sulfonamides is 1. The largest absolute Gasteiger partial charge is 0.328 e. The standard InChI is InChI=1S/C25H24N6O3S/c26-22-9-12-31(13-10-22)35(33,34)24-8-6-20(15-29-24)18-1-3-19(4-2-18)25(32)21-5-7-23(28-16-21)30-14-11-27-17-30/h1-8,11,14-17,22H,9-10,12-13,26H2. The molecule has 1 aromatic carbocycles. The second-order valence-electron chi connectivity index (χ2n) is 8.41. The van der Waals surface area contributed by atoms with Crippen molar-refractivity contribution in [2.45, 2.75) is 23.9 Å². The smallest absolute Gasteiger partial charge is 0.260 e. The summed E-state index contributed by atoms with van der Waals surface area (Å²) in [6.45, 7) is 0.814. The highest BCUT2D eigenvalue weighted by Crippen LogP contribution is 2.24.